The molecule has 1 aromatic carbocycles. The summed E-state index contributed by atoms with van der Waals surface area (Å²) >= 11 is 5.81. The lowest BCUT2D eigenvalue weighted by Crippen LogP contribution is -2.32. The van der Waals surface area contributed by atoms with Crippen LogP contribution < -0.4 is 10.9 Å². The average Bonchev–Trinajstić information content (AvgIpc) is 2.61. The number of aliphatic hydroxyl groups excluding tert-OH is 1. The third kappa shape index (κ3) is 3.27. The van der Waals surface area contributed by atoms with Crippen molar-refractivity contribution >= 4 is 23.2 Å². The molecule has 0 atom stereocenters. The molecule has 2 aromatic heterocycles. The van der Waals surface area contributed by atoms with Crippen LogP contribution in [0.5, 0.6) is 0 Å². The van der Waals surface area contributed by atoms with Crippen molar-refractivity contribution in [1.29, 1.82) is 0 Å². The lowest BCUT2D eigenvalue weighted by Gasteiger charge is -2.06. The molecule has 2 heterocycles. The molecule has 0 saturated carbocycles. The molecule has 3 aromatic rings. The molecule has 0 aliphatic carbocycles. The van der Waals surface area contributed by atoms with Crippen LogP contribution in [0.25, 0.3) is 5.65 Å². The predicted molar refractivity (Wildman–Crippen MR) is 87.8 cm³/mol. The molecule has 0 aliphatic heterocycles. The summed E-state index contributed by atoms with van der Waals surface area (Å²) in [6.45, 7) is -0.0579. The number of nitrogens with zero attached hydrogens (tertiary/aromatic N) is 3. The Kier molecular flexibility index (Phi) is 4.54. The fraction of sp³-hybridized carbons (Fsp3) is 0.125. The smallest absolute Gasteiger partial charge is 0.287 e. The van der Waals surface area contributed by atoms with Crippen molar-refractivity contribution in [3.63, 3.8) is 0 Å². The Morgan fingerprint density at radius 2 is 1.96 bits per heavy atom. The van der Waals surface area contributed by atoms with E-state index >= 15 is 0 Å². The third-order valence-electron chi connectivity index (χ3n) is 3.39. The number of hydrogen-bond donors (Lipinski definition) is 2. The van der Waals surface area contributed by atoms with Crippen LogP contribution in [0.4, 0.5) is 0 Å². The van der Waals surface area contributed by atoms with Crippen molar-refractivity contribution in [3.05, 3.63) is 74.8 Å². The van der Waals surface area contributed by atoms with Crippen LogP contribution in [0, 0.1) is 0 Å². The number of aliphatic hydroxyl groups is 1. The van der Waals surface area contributed by atoms with E-state index in [0.29, 0.717) is 16.4 Å². The zero-order valence-corrected chi connectivity index (χ0v) is 13.2. The van der Waals surface area contributed by atoms with Crippen LogP contribution in [0.15, 0.2) is 47.4 Å². The molecule has 24 heavy (non-hydrogen) atoms. The van der Waals surface area contributed by atoms with E-state index in [1.165, 1.54) is 6.20 Å². The molecule has 8 heteroatoms. The van der Waals surface area contributed by atoms with Crippen molar-refractivity contribution < 1.29 is 9.90 Å². The summed E-state index contributed by atoms with van der Waals surface area (Å²) in [6.07, 6.45) is 1.22. The number of carbonyl (C=O) groups excluding carboxylic acids is 1. The van der Waals surface area contributed by atoms with Crippen molar-refractivity contribution in [2.24, 2.45) is 0 Å². The first kappa shape index (κ1) is 16.1. The van der Waals surface area contributed by atoms with Gasteiger partial charge in [0.05, 0.1) is 12.3 Å². The van der Waals surface area contributed by atoms with Gasteiger partial charge >= 0.3 is 0 Å². The van der Waals surface area contributed by atoms with Gasteiger partial charge in [-0.1, -0.05) is 23.7 Å². The first-order valence-electron chi connectivity index (χ1n) is 7.10. The van der Waals surface area contributed by atoms with E-state index in [1.807, 2.05) is 0 Å². The highest BCUT2D eigenvalue weighted by Gasteiger charge is 2.14. The standard InChI is InChI=1S/C16H13ClN4O3/c17-11-3-1-10(2-4-11)7-19-15(23)13-8-18-14-6-5-12(9-22)20-21(14)16(13)24/h1-6,8,22H,7,9H2,(H,19,23). The second-order valence-corrected chi connectivity index (χ2v) is 5.48. The third-order valence-corrected chi connectivity index (χ3v) is 3.64. The first-order valence-corrected chi connectivity index (χ1v) is 7.48. The van der Waals surface area contributed by atoms with Crippen LogP contribution in [-0.4, -0.2) is 25.6 Å². The van der Waals surface area contributed by atoms with Crippen LogP contribution in [0.3, 0.4) is 0 Å². The topological polar surface area (TPSA) is 96.6 Å². The van der Waals surface area contributed by atoms with Crippen molar-refractivity contribution in [1.82, 2.24) is 19.9 Å². The maximum Gasteiger partial charge on any atom is 0.287 e. The number of hydrogen-bond acceptors (Lipinski definition) is 5. The number of fused-ring (bicyclic) bond motifs is 1. The lowest BCUT2D eigenvalue weighted by atomic mass is 10.2. The van der Waals surface area contributed by atoms with Gasteiger partial charge in [-0.25, -0.2) is 4.98 Å². The number of amides is 1. The SMILES string of the molecule is O=C(NCc1ccc(Cl)cc1)c1cnc2ccc(CO)nn2c1=O. The maximum absolute atomic E-state index is 12.4. The van der Waals surface area contributed by atoms with Gasteiger partial charge in [-0.15, -0.1) is 0 Å². The van der Waals surface area contributed by atoms with Gasteiger partial charge in [-0.3, -0.25) is 9.59 Å². The van der Waals surface area contributed by atoms with Gasteiger partial charge in [-0.05, 0) is 29.8 Å². The minimum Gasteiger partial charge on any atom is -0.390 e. The monoisotopic (exact) mass is 344 g/mol. The van der Waals surface area contributed by atoms with Crippen LogP contribution in [0.1, 0.15) is 21.6 Å². The van der Waals surface area contributed by atoms with Gasteiger partial charge in [0.25, 0.3) is 11.5 Å². The molecular weight excluding hydrogens is 332 g/mol. The fourth-order valence-electron chi connectivity index (χ4n) is 2.12. The zero-order chi connectivity index (χ0) is 17.1. The summed E-state index contributed by atoms with van der Waals surface area (Å²) in [4.78, 5) is 28.7. The highest BCUT2D eigenvalue weighted by atomic mass is 35.5. The number of carbonyl (C=O) groups is 1. The predicted octanol–water partition coefficient (Wildman–Crippen LogP) is 1.17. The number of nitrogens with one attached hydrogen (secondary N) is 1. The Labute approximate surface area is 141 Å². The highest BCUT2D eigenvalue weighted by Crippen LogP contribution is 2.09. The average molecular weight is 345 g/mol. The van der Waals surface area contributed by atoms with Gasteiger partial charge in [0.2, 0.25) is 0 Å². The zero-order valence-electron chi connectivity index (χ0n) is 12.4. The Hall–Kier alpha value is -2.77. The summed E-state index contributed by atoms with van der Waals surface area (Å²) in [7, 11) is 0. The summed E-state index contributed by atoms with van der Waals surface area (Å²) in [5, 5.41) is 16.3. The van der Waals surface area contributed by atoms with Crippen molar-refractivity contribution in [3.8, 4) is 0 Å². The second-order valence-electron chi connectivity index (χ2n) is 5.04. The molecule has 0 spiro atoms. The summed E-state index contributed by atoms with van der Waals surface area (Å²) < 4.78 is 1.00. The Balaban J connectivity index is 1.85. The summed E-state index contributed by atoms with van der Waals surface area (Å²) in [6, 6.07) is 10.1. The van der Waals surface area contributed by atoms with Crippen molar-refractivity contribution in [2.75, 3.05) is 0 Å². The van der Waals surface area contributed by atoms with E-state index in [-0.39, 0.29) is 18.7 Å². The van der Waals surface area contributed by atoms with E-state index < -0.39 is 11.5 Å². The van der Waals surface area contributed by atoms with Crippen LogP contribution in [-0.2, 0) is 13.2 Å². The number of halogens is 1. The van der Waals surface area contributed by atoms with E-state index in [2.05, 4.69) is 15.4 Å². The van der Waals surface area contributed by atoms with Gasteiger partial charge in [0, 0.05) is 17.8 Å². The van der Waals surface area contributed by atoms with Gasteiger partial charge < -0.3 is 10.4 Å². The van der Waals surface area contributed by atoms with E-state index in [9.17, 15) is 9.59 Å². The molecule has 0 radical (unpaired) electrons. The molecular formula is C16H13ClN4O3. The van der Waals surface area contributed by atoms with E-state index in [1.54, 1.807) is 36.4 Å². The Morgan fingerprint density at radius 1 is 1.21 bits per heavy atom. The van der Waals surface area contributed by atoms with Crippen molar-refractivity contribution in [2.45, 2.75) is 13.2 Å². The van der Waals surface area contributed by atoms with Gasteiger partial charge in [0.15, 0.2) is 5.65 Å². The Morgan fingerprint density at radius 3 is 2.67 bits per heavy atom. The van der Waals surface area contributed by atoms with Crippen LogP contribution in [0.2, 0.25) is 5.02 Å². The van der Waals surface area contributed by atoms with Gasteiger partial charge in [-0.2, -0.15) is 9.61 Å². The lowest BCUT2D eigenvalue weighted by molar-refractivity contribution is 0.0948. The summed E-state index contributed by atoms with van der Waals surface area (Å²) in [5.74, 6) is -0.548. The fourth-order valence-corrected chi connectivity index (χ4v) is 2.25. The minimum absolute atomic E-state index is 0.121. The number of benzene rings is 1. The molecule has 0 fully saturated rings. The maximum atomic E-state index is 12.4. The minimum atomic E-state index is -0.594. The molecule has 0 unspecified atom stereocenters. The summed E-state index contributed by atoms with van der Waals surface area (Å²) in [5.41, 5.74) is 0.742. The second kappa shape index (κ2) is 6.77. The quantitative estimate of drug-likeness (QED) is 0.740. The normalized spacial score (nSPS) is 10.8. The van der Waals surface area contributed by atoms with Crippen LogP contribution >= 0.6 is 11.6 Å². The largest absolute Gasteiger partial charge is 0.390 e. The Bertz CT molecular complexity index is 954. The molecule has 122 valence electrons. The molecule has 0 bridgehead atoms. The van der Waals surface area contributed by atoms with Gasteiger partial charge in [0.1, 0.15) is 5.56 Å². The first-order chi connectivity index (χ1) is 11.6. The van der Waals surface area contributed by atoms with E-state index in [0.717, 1.165) is 10.1 Å². The highest BCUT2D eigenvalue weighted by molar-refractivity contribution is 6.30. The molecule has 0 saturated heterocycles. The molecule has 0 aliphatic rings. The molecule has 7 nitrogen and oxygen atoms in total. The molecule has 3 rings (SSSR count). The molecule has 1 amide bonds. The van der Waals surface area contributed by atoms with E-state index in [4.69, 9.17) is 16.7 Å². The number of rotatable bonds is 4. The number of aromatic nitrogens is 3. The molecule has 2 N–H and O–H groups in total.